The molecule has 8 heteroatoms. The van der Waals surface area contributed by atoms with Crippen LogP contribution in [0, 0.1) is 13.8 Å². The Morgan fingerprint density at radius 3 is 2.52 bits per heavy atom. The summed E-state index contributed by atoms with van der Waals surface area (Å²) < 4.78 is 1.88. The van der Waals surface area contributed by atoms with Gasteiger partial charge in [0, 0.05) is 48.5 Å². The summed E-state index contributed by atoms with van der Waals surface area (Å²) in [6.07, 6.45) is 3.72. The first kappa shape index (κ1) is 22.3. The third kappa shape index (κ3) is 3.54. The van der Waals surface area contributed by atoms with Crippen molar-refractivity contribution in [3.05, 3.63) is 29.2 Å². The molecule has 176 valence electrons. The zero-order chi connectivity index (χ0) is 23.6. The summed E-state index contributed by atoms with van der Waals surface area (Å²) in [4.78, 5) is 19.7. The Hall–Kier alpha value is -2.45. The monoisotopic (exact) mass is 465 g/mol. The fourth-order valence-corrected chi connectivity index (χ4v) is 6.46. The fourth-order valence-electron chi connectivity index (χ4n) is 5.37. The highest BCUT2D eigenvalue weighted by atomic mass is 32.1. The lowest BCUT2D eigenvalue weighted by Gasteiger charge is -2.45. The average Bonchev–Trinajstić information content (AvgIpc) is 3.45. The highest BCUT2D eigenvalue weighted by molar-refractivity contribution is 7.21. The molecule has 4 aromatic heterocycles. The van der Waals surface area contributed by atoms with Crippen LogP contribution in [0.4, 0.5) is 5.13 Å². The normalized spacial score (nSPS) is 20.2. The van der Waals surface area contributed by atoms with Gasteiger partial charge in [0.05, 0.1) is 5.69 Å². The van der Waals surface area contributed by atoms with Crippen molar-refractivity contribution in [3.63, 3.8) is 0 Å². The molecule has 1 aliphatic rings. The highest BCUT2D eigenvalue weighted by Gasteiger charge is 2.33. The number of aryl methyl sites for hydroxylation is 1. The summed E-state index contributed by atoms with van der Waals surface area (Å²) in [6.45, 7) is 20.2. The Balaban J connectivity index is 1.59. The van der Waals surface area contributed by atoms with Gasteiger partial charge in [-0.15, -0.1) is 0 Å². The van der Waals surface area contributed by atoms with Crippen LogP contribution in [0.15, 0.2) is 12.5 Å². The van der Waals surface area contributed by atoms with Crippen molar-refractivity contribution in [2.75, 3.05) is 18.0 Å². The topological polar surface area (TPSA) is 65.4 Å². The zero-order valence-electron chi connectivity index (χ0n) is 21.0. The Labute approximate surface area is 199 Å². The minimum atomic E-state index is 0.351. The lowest BCUT2D eigenvalue weighted by atomic mass is 9.96. The number of pyridine rings is 1. The number of anilines is 1. The third-order valence-electron chi connectivity index (χ3n) is 7.30. The van der Waals surface area contributed by atoms with E-state index in [0.717, 1.165) is 45.5 Å². The largest absolute Gasteiger partial charge is 0.344 e. The molecule has 5 rings (SSSR count). The van der Waals surface area contributed by atoms with Gasteiger partial charge in [-0.3, -0.25) is 4.90 Å². The predicted octanol–water partition coefficient (Wildman–Crippen LogP) is 5.38. The number of piperazine rings is 1. The molecule has 2 atom stereocenters. The number of hydrogen-bond donors (Lipinski definition) is 1. The number of nitrogens with one attached hydrogen (secondary N) is 1. The summed E-state index contributed by atoms with van der Waals surface area (Å²) in [6, 6.07) is 1.53. The van der Waals surface area contributed by atoms with Gasteiger partial charge in [0.15, 0.2) is 10.8 Å². The van der Waals surface area contributed by atoms with Crippen molar-refractivity contribution in [2.24, 2.45) is 0 Å². The molecule has 1 saturated heterocycles. The maximum absolute atomic E-state index is 5.22. The van der Waals surface area contributed by atoms with Crippen LogP contribution in [0.2, 0.25) is 0 Å². The van der Waals surface area contributed by atoms with Gasteiger partial charge in [-0.25, -0.2) is 14.5 Å². The van der Waals surface area contributed by atoms with Crippen LogP contribution < -0.4 is 4.90 Å². The van der Waals surface area contributed by atoms with Gasteiger partial charge in [0.25, 0.3) is 0 Å². The maximum atomic E-state index is 5.22. The Bertz CT molecular complexity index is 1310. The summed E-state index contributed by atoms with van der Waals surface area (Å²) in [5, 5.41) is 5.53. The van der Waals surface area contributed by atoms with Crippen LogP contribution in [-0.2, 0) is 0 Å². The third-order valence-corrected chi connectivity index (χ3v) is 8.30. The minimum Gasteiger partial charge on any atom is -0.344 e. The van der Waals surface area contributed by atoms with E-state index in [0.29, 0.717) is 24.0 Å². The lowest BCUT2D eigenvalue weighted by molar-refractivity contribution is 0.128. The maximum Gasteiger partial charge on any atom is 0.188 e. The summed E-state index contributed by atoms with van der Waals surface area (Å²) in [7, 11) is 0. The summed E-state index contributed by atoms with van der Waals surface area (Å²) in [5.74, 6) is 0.351. The lowest BCUT2D eigenvalue weighted by Crippen LogP contribution is -2.58. The molecule has 0 amide bonds. The van der Waals surface area contributed by atoms with E-state index in [1.54, 1.807) is 17.7 Å². The number of H-pyrrole nitrogens is 1. The first-order valence-electron chi connectivity index (χ1n) is 12.0. The van der Waals surface area contributed by atoms with E-state index < -0.39 is 0 Å². The number of aromatic nitrogens is 5. The molecule has 7 nitrogen and oxygen atoms in total. The van der Waals surface area contributed by atoms with Gasteiger partial charge in [-0.2, -0.15) is 5.10 Å². The molecule has 33 heavy (non-hydrogen) atoms. The van der Waals surface area contributed by atoms with Crippen LogP contribution in [0.3, 0.4) is 0 Å². The molecule has 1 N–H and O–H groups in total. The quantitative estimate of drug-likeness (QED) is 0.438. The smallest absolute Gasteiger partial charge is 0.188 e. The first-order chi connectivity index (χ1) is 15.7. The Kier molecular flexibility index (Phi) is 5.48. The van der Waals surface area contributed by atoms with E-state index >= 15 is 0 Å². The molecule has 0 saturated carbocycles. The number of fused-ring (bicyclic) bond motifs is 2. The van der Waals surface area contributed by atoms with Gasteiger partial charge in [-0.05, 0) is 58.6 Å². The molecule has 1 fully saturated rings. The molecule has 0 radical (unpaired) electrons. The number of nitrogens with zero attached hydrogens (tertiary/aromatic N) is 6. The van der Waals surface area contributed by atoms with Crippen molar-refractivity contribution in [1.82, 2.24) is 29.5 Å². The molecular formula is C25H35N7S. The van der Waals surface area contributed by atoms with Gasteiger partial charge < -0.3 is 9.88 Å². The molecule has 0 aromatic carbocycles. The van der Waals surface area contributed by atoms with Crippen molar-refractivity contribution in [2.45, 2.75) is 79.4 Å². The molecule has 5 heterocycles. The average molecular weight is 466 g/mol. The first-order valence-corrected chi connectivity index (χ1v) is 12.8. The highest BCUT2D eigenvalue weighted by Crippen LogP contribution is 2.42. The van der Waals surface area contributed by atoms with E-state index in [2.05, 4.69) is 86.5 Å². The van der Waals surface area contributed by atoms with E-state index in [-0.39, 0.29) is 0 Å². The van der Waals surface area contributed by atoms with Crippen LogP contribution >= 0.6 is 11.3 Å². The molecule has 1 aliphatic heterocycles. The van der Waals surface area contributed by atoms with E-state index in [4.69, 9.17) is 4.98 Å². The number of thiazole rings is 1. The zero-order valence-corrected chi connectivity index (χ0v) is 21.8. The molecule has 0 bridgehead atoms. The van der Waals surface area contributed by atoms with E-state index in [1.807, 2.05) is 4.52 Å². The molecular weight excluding hydrogens is 430 g/mol. The fraction of sp³-hybridized carbons (Fsp3) is 0.560. The standard InChI is InChI=1S/C25H35N7S/c1-13(2)20-21(19-11-32-23(26-12-27-32)18(8)17(19)7)28-24-22(20)29-25(33-24)31-10-15(5)30(14(3)4)9-16(31)6/h11-16,28H,9-10H2,1-8H3/t15-,16+/m1/s1. The van der Waals surface area contributed by atoms with Crippen molar-refractivity contribution in [1.29, 1.82) is 0 Å². The second kappa shape index (κ2) is 8.09. The van der Waals surface area contributed by atoms with Crippen molar-refractivity contribution >= 4 is 32.5 Å². The van der Waals surface area contributed by atoms with Crippen molar-refractivity contribution < 1.29 is 0 Å². The Morgan fingerprint density at radius 2 is 1.82 bits per heavy atom. The van der Waals surface area contributed by atoms with Crippen LogP contribution in [-0.4, -0.2) is 60.7 Å². The number of hydrogen-bond acceptors (Lipinski definition) is 6. The van der Waals surface area contributed by atoms with Gasteiger partial charge >= 0.3 is 0 Å². The van der Waals surface area contributed by atoms with E-state index in [9.17, 15) is 0 Å². The second-order valence-electron chi connectivity index (χ2n) is 10.2. The second-order valence-corrected chi connectivity index (χ2v) is 11.2. The summed E-state index contributed by atoms with van der Waals surface area (Å²) in [5.41, 5.74) is 8.05. The van der Waals surface area contributed by atoms with E-state index in [1.165, 1.54) is 16.7 Å². The van der Waals surface area contributed by atoms with Crippen molar-refractivity contribution in [3.8, 4) is 11.3 Å². The molecule has 4 aromatic rings. The van der Waals surface area contributed by atoms with Crippen LogP contribution in [0.25, 0.3) is 27.3 Å². The van der Waals surface area contributed by atoms with Crippen LogP contribution in [0.1, 0.15) is 64.2 Å². The minimum absolute atomic E-state index is 0.351. The molecule has 0 aliphatic carbocycles. The predicted molar refractivity (Wildman–Crippen MR) is 138 cm³/mol. The summed E-state index contributed by atoms with van der Waals surface area (Å²) >= 11 is 1.79. The van der Waals surface area contributed by atoms with Gasteiger partial charge in [0.1, 0.15) is 16.7 Å². The molecule has 0 spiro atoms. The SMILES string of the molecule is Cc1c(-c2[nH]c3sc(N4C[C@@H](C)N(C(C)C)C[C@@H]4C)nc3c2C(C)C)cn2ncnc2c1C. The number of rotatable bonds is 4. The van der Waals surface area contributed by atoms with Gasteiger partial charge in [-0.1, -0.05) is 25.2 Å². The number of aromatic amines is 1. The molecule has 0 unspecified atom stereocenters. The van der Waals surface area contributed by atoms with Gasteiger partial charge in [0.2, 0.25) is 0 Å². The van der Waals surface area contributed by atoms with Crippen LogP contribution in [0.5, 0.6) is 0 Å². The Morgan fingerprint density at radius 1 is 1.06 bits per heavy atom.